The standard InChI is InChI=1S/C24H23ClN4O2/c25-18-5-7-19(8-6-18)27-24(31)16-4-9-22(20(26)11-16)28-12-15-10-17(14-28)21-2-1-3-23(30)29(21)13-15/h1-9,11,15,17H,10,12-14,26H2,(H,27,31)/t15-,17+/m1/s1. The lowest BCUT2D eigenvalue weighted by Gasteiger charge is -2.44. The number of nitrogen functional groups attached to an aromatic ring is 1. The summed E-state index contributed by atoms with van der Waals surface area (Å²) in [7, 11) is 0. The fraction of sp³-hybridized carbons (Fsp3) is 0.250. The number of fused-ring (bicyclic) bond motifs is 4. The molecule has 0 saturated carbocycles. The van der Waals surface area contributed by atoms with E-state index in [1.807, 2.05) is 16.7 Å². The van der Waals surface area contributed by atoms with E-state index >= 15 is 0 Å². The van der Waals surface area contributed by atoms with Crippen molar-refractivity contribution in [3.05, 3.63) is 87.3 Å². The molecule has 0 spiro atoms. The number of carbonyl (C=O) groups is 1. The zero-order chi connectivity index (χ0) is 21.5. The van der Waals surface area contributed by atoms with Gasteiger partial charge in [-0.25, -0.2) is 0 Å². The van der Waals surface area contributed by atoms with Crippen LogP contribution in [0.2, 0.25) is 5.02 Å². The first-order chi connectivity index (χ1) is 15.0. The molecule has 3 aromatic rings. The van der Waals surface area contributed by atoms with Gasteiger partial charge in [0.1, 0.15) is 0 Å². The van der Waals surface area contributed by atoms with Crippen molar-refractivity contribution >= 4 is 34.6 Å². The number of piperidine rings is 1. The molecule has 3 N–H and O–H groups in total. The average Bonchev–Trinajstić information content (AvgIpc) is 2.76. The first-order valence-electron chi connectivity index (χ1n) is 10.4. The summed E-state index contributed by atoms with van der Waals surface area (Å²) in [6.07, 6.45) is 1.08. The topological polar surface area (TPSA) is 80.4 Å². The van der Waals surface area contributed by atoms with Gasteiger partial charge in [-0.2, -0.15) is 0 Å². The van der Waals surface area contributed by atoms with E-state index in [9.17, 15) is 9.59 Å². The molecule has 31 heavy (non-hydrogen) atoms. The highest BCUT2D eigenvalue weighted by molar-refractivity contribution is 6.30. The zero-order valence-electron chi connectivity index (χ0n) is 16.9. The molecule has 5 rings (SSSR count). The molecule has 1 fully saturated rings. The van der Waals surface area contributed by atoms with Gasteiger partial charge in [-0.1, -0.05) is 17.7 Å². The Morgan fingerprint density at radius 1 is 1.03 bits per heavy atom. The number of hydrogen-bond donors (Lipinski definition) is 2. The van der Waals surface area contributed by atoms with Gasteiger partial charge in [0.15, 0.2) is 0 Å². The van der Waals surface area contributed by atoms with Crippen molar-refractivity contribution in [2.75, 3.05) is 29.0 Å². The minimum atomic E-state index is -0.218. The normalized spacial score (nSPS) is 19.6. The molecule has 1 amide bonds. The lowest BCUT2D eigenvalue weighted by molar-refractivity contribution is 0.102. The number of hydrogen-bond acceptors (Lipinski definition) is 4. The van der Waals surface area contributed by atoms with Gasteiger partial charge in [0.25, 0.3) is 11.5 Å². The monoisotopic (exact) mass is 434 g/mol. The highest BCUT2D eigenvalue weighted by atomic mass is 35.5. The number of nitrogens with one attached hydrogen (secondary N) is 1. The second-order valence-corrected chi connectivity index (χ2v) is 8.77. The van der Waals surface area contributed by atoms with E-state index in [1.54, 1.807) is 42.5 Å². The fourth-order valence-electron chi connectivity index (χ4n) is 4.81. The molecule has 2 bridgehead atoms. The molecule has 0 radical (unpaired) electrons. The second-order valence-electron chi connectivity index (χ2n) is 8.34. The first-order valence-corrected chi connectivity index (χ1v) is 10.8. The van der Waals surface area contributed by atoms with Crippen LogP contribution in [-0.4, -0.2) is 23.6 Å². The largest absolute Gasteiger partial charge is 0.397 e. The summed E-state index contributed by atoms with van der Waals surface area (Å²) in [6, 6.07) is 18.0. The van der Waals surface area contributed by atoms with Crippen molar-refractivity contribution in [2.45, 2.75) is 18.9 Å². The number of amides is 1. The number of halogens is 1. The molecule has 2 aliphatic heterocycles. The number of pyridine rings is 1. The molecule has 7 heteroatoms. The van der Waals surface area contributed by atoms with E-state index < -0.39 is 0 Å². The molecule has 2 aliphatic rings. The maximum Gasteiger partial charge on any atom is 0.255 e. The summed E-state index contributed by atoms with van der Waals surface area (Å²) in [5, 5.41) is 3.48. The molecule has 2 aromatic carbocycles. The van der Waals surface area contributed by atoms with Crippen LogP contribution in [-0.2, 0) is 6.54 Å². The lowest BCUT2D eigenvalue weighted by atomic mass is 9.83. The van der Waals surface area contributed by atoms with Crippen molar-refractivity contribution in [3.8, 4) is 0 Å². The number of anilines is 3. The molecule has 2 atom stereocenters. The third-order valence-electron chi connectivity index (χ3n) is 6.21. The van der Waals surface area contributed by atoms with E-state index in [4.69, 9.17) is 17.3 Å². The number of nitrogens with two attached hydrogens (primary N) is 1. The number of carbonyl (C=O) groups excluding carboxylic acids is 1. The third kappa shape index (κ3) is 3.79. The molecule has 0 aliphatic carbocycles. The minimum absolute atomic E-state index is 0.0798. The predicted octanol–water partition coefficient (Wildman–Crippen LogP) is 3.96. The van der Waals surface area contributed by atoms with Crippen LogP contribution < -0.4 is 21.5 Å². The Bertz CT molecular complexity index is 1200. The van der Waals surface area contributed by atoms with Crippen LogP contribution in [0.5, 0.6) is 0 Å². The number of nitrogens with zero attached hydrogens (tertiary/aromatic N) is 2. The van der Waals surface area contributed by atoms with E-state index in [-0.39, 0.29) is 11.5 Å². The molecule has 158 valence electrons. The van der Waals surface area contributed by atoms with E-state index in [1.165, 1.54) is 0 Å². The number of rotatable bonds is 3. The van der Waals surface area contributed by atoms with Crippen LogP contribution in [0.25, 0.3) is 0 Å². The van der Waals surface area contributed by atoms with Gasteiger partial charge in [0.05, 0.1) is 11.4 Å². The van der Waals surface area contributed by atoms with Gasteiger partial charge in [0, 0.05) is 53.6 Å². The van der Waals surface area contributed by atoms with Gasteiger partial charge in [-0.15, -0.1) is 0 Å². The molecule has 1 aromatic heterocycles. The quantitative estimate of drug-likeness (QED) is 0.611. The molecule has 6 nitrogen and oxygen atoms in total. The Morgan fingerprint density at radius 2 is 1.84 bits per heavy atom. The molecular formula is C24H23ClN4O2. The summed E-state index contributed by atoms with van der Waals surface area (Å²) >= 11 is 5.90. The van der Waals surface area contributed by atoms with Gasteiger partial charge >= 0.3 is 0 Å². The van der Waals surface area contributed by atoms with Crippen LogP contribution in [0, 0.1) is 5.92 Å². The summed E-state index contributed by atoms with van der Waals surface area (Å²) in [6.45, 7) is 2.39. The highest BCUT2D eigenvalue weighted by Gasteiger charge is 2.35. The third-order valence-corrected chi connectivity index (χ3v) is 6.46. The minimum Gasteiger partial charge on any atom is -0.397 e. The molecule has 3 heterocycles. The highest BCUT2D eigenvalue weighted by Crippen LogP contribution is 2.38. The van der Waals surface area contributed by atoms with Crippen molar-refractivity contribution in [1.82, 2.24) is 4.57 Å². The van der Waals surface area contributed by atoms with Crippen molar-refractivity contribution in [2.24, 2.45) is 5.92 Å². The number of benzene rings is 2. The second kappa shape index (κ2) is 7.78. The summed E-state index contributed by atoms with van der Waals surface area (Å²) in [5.41, 5.74) is 10.3. The van der Waals surface area contributed by atoms with E-state index in [0.717, 1.165) is 37.4 Å². The van der Waals surface area contributed by atoms with E-state index in [2.05, 4.69) is 16.3 Å². The summed E-state index contributed by atoms with van der Waals surface area (Å²) < 4.78 is 1.92. The van der Waals surface area contributed by atoms with E-state index in [0.29, 0.717) is 33.8 Å². The Balaban J connectivity index is 1.35. The maximum atomic E-state index is 12.6. The van der Waals surface area contributed by atoms with Gasteiger partial charge < -0.3 is 20.5 Å². The van der Waals surface area contributed by atoms with Gasteiger partial charge in [-0.3, -0.25) is 9.59 Å². The predicted molar refractivity (Wildman–Crippen MR) is 124 cm³/mol. The Kier molecular flexibility index (Phi) is 4.94. The fourth-order valence-corrected chi connectivity index (χ4v) is 4.94. The first kappa shape index (κ1) is 19.7. The van der Waals surface area contributed by atoms with Crippen molar-refractivity contribution in [3.63, 3.8) is 0 Å². The smallest absolute Gasteiger partial charge is 0.255 e. The maximum absolute atomic E-state index is 12.6. The van der Waals surface area contributed by atoms with Crippen LogP contribution in [0.3, 0.4) is 0 Å². The van der Waals surface area contributed by atoms with Crippen molar-refractivity contribution < 1.29 is 4.79 Å². The average molecular weight is 435 g/mol. The Hall–Kier alpha value is -3.25. The molecule has 0 unspecified atom stereocenters. The van der Waals surface area contributed by atoms with Crippen LogP contribution in [0.15, 0.2) is 65.5 Å². The summed E-state index contributed by atoms with van der Waals surface area (Å²) in [5.74, 6) is 0.483. The van der Waals surface area contributed by atoms with Gasteiger partial charge in [0.2, 0.25) is 0 Å². The molecular weight excluding hydrogens is 412 g/mol. The Morgan fingerprint density at radius 3 is 2.61 bits per heavy atom. The van der Waals surface area contributed by atoms with Crippen LogP contribution in [0.1, 0.15) is 28.4 Å². The van der Waals surface area contributed by atoms with Crippen LogP contribution >= 0.6 is 11.6 Å². The summed E-state index contributed by atoms with van der Waals surface area (Å²) in [4.78, 5) is 27.1. The van der Waals surface area contributed by atoms with Crippen molar-refractivity contribution in [1.29, 1.82) is 0 Å². The Labute approximate surface area is 185 Å². The zero-order valence-corrected chi connectivity index (χ0v) is 17.7. The van der Waals surface area contributed by atoms with Gasteiger partial charge in [-0.05, 0) is 60.9 Å². The SMILES string of the molecule is Nc1cc(C(=O)Nc2ccc(Cl)cc2)ccc1N1C[C@H]2C[C@@H](C1)c1cccc(=O)n1C2. The van der Waals surface area contributed by atoms with Crippen LogP contribution in [0.4, 0.5) is 17.1 Å². The lowest BCUT2D eigenvalue weighted by Crippen LogP contribution is -2.47. The number of aromatic nitrogens is 1. The molecule has 1 saturated heterocycles.